The van der Waals surface area contributed by atoms with Crippen LogP contribution in [0.2, 0.25) is 0 Å². The summed E-state index contributed by atoms with van der Waals surface area (Å²) in [6.07, 6.45) is 0. The Morgan fingerprint density at radius 2 is 2.10 bits per heavy atom. The van der Waals surface area contributed by atoms with Gasteiger partial charge < -0.3 is 10.4 Å². The third kappa shape index (κ3) is 2.73. The molecule has 1 aromatic carbocycles. The van der Waals surface area contributed by atoms with Crippen molar-refractivity contribution in [3.8, 4) is 0 Å². The van der Waals surface area contributed by atoms with E-state index >= 15 is 0 Å². The maximum absolute atomic E-state index is 11.2. The fraction of sp³-hybridized carbons (Fsp3) is 0.125. The molecule has 0 spiro atoms. The highest BCUT2D eigenvalue weighted by molar-refractivity contribution is 7.10. The van der Waals surface area contributed by atoms with Crippen molar-refractivity contribution >= 4 is 33.9 Å². The highest BCUT2D eigenvalue weighted by Gasteiger charge is 2.13. The molecule has 2 N–H and O–H groups in total. The predicted molar refractivity (Wildman–Crippen MR) is 85.1 cm³/mol. The van der Waals surface area contributed by atoms with Gasteiger partial charge in [-0.3, -0.25) is 0 Å². The van der Waals surface area contributed by atoms with E-state index in [-0.39, 0.29) is 11.7 Å². The zero-order valence-corrected chi connectivity index (χ0v) is 12.2. The molecule has 0 bridgehead atoms. The number of para-hydroxylation sites is 1. The van der Waals surface area contributed by atoms with Crippen LogP contribution in [0.15, 0.2) is 47.8 Å². The van der Waals surface area contributed by atoms with Gasteiger partial charge in [0.25, 0.3) is 0 Å². The summed E-state index contributed by atoms with van der Waals surface area (Å²) in [5.41, 5.74) is 1.52. The number of pyridine rings is 1. The summed E-state index contributed by atoms with van der Waals surface area (Å²) in [5.74, 6) is -1.02. The highest BCUT2D eigenvalue weighted by atomic mass is 32.1. The van der Waals surface area contributed by atoms with Crippen molar-refractivity contribution < 1.29 is 9.90 Å². The van der Waals surface area contributed by atoms with Crippen molar-refractivity contribution in [3.63, 3.8) is 0 Å². The number of nitrogens with one attached hydrogen (secondary N) is 1. The molecular weight excluding hydrogens is 284 g/mol. The van der Waals surface area contributed by atoms with Crippen molar-refractivity contribution in [1.82, 2.24) is 4.98 Å². The molecule has 2 aromatic heterocycles. The summed E-state index contributed by atoms with van der Waals surface area (Å²) in [4.78, 5) is 16.6. The SMILES string of the molecule is CC(Nc1cc(C(=O)O)nc2ccccc12)c1cccs1. The van der Waals surface area contributed by atoms with Gasteiger partial charge in [0.05, 0.1) is 11.6 Å². The summed E-state index contributed by atoms with van der Waals surface area (Å²) in [5, 5.41) is 15.5. The number of carboxylic acids is 1. The molecule has 1 unspecified atom stereocenters. The van der Waals surface area contributed by atoms with E-state index in [0.29, 0.717) is 5.52 Å². The normalized spacial score (nSPS) is 12.2. The summed E-state index contributed by atoms with van der Waals surface area (Å²) in [6.45, 7) is 2.06. The minimum absolute atomic E-state index is 0.0505. The first-order chi connectivity index (χ1) is 10.1. The zero-order valence-electron chi connectivity index (χ0n) is 11.4. The zero-order chi connectivity index (χ0) is 14.8. The number of aromatic carboxylic acids is 1. The van der Waals surface area contributed by atoms with E-state index in [0.717, 1.165) is 11.1 Å². The molecule has 5 heteroatoms. The Hall–Kier alpha value is -2.40. The second kappa shape index (κ2) is 5.54. The van der Waals surface area contributed by atoms with Gasteiger partial charge in [-0.05, 0) is 30.5 Å². The van der Waals surface area contributed by atoms with E-state index in [9.17, 15) is 9.90 Å². The first-order valence-electron chi connectivity index (χ1n) is 6.58. The molecule has 0 radical (unpaired) electrons. The monoisotopic (exact) mass is 298 g/mol. The second-order valence-corrected chi connectivity index (χ2v) is 5.74. The van der Waals surface area contributed by atoms with Gasteiger partial charge in [-0.2, -0.15) is 0 Å². The van der Waals surface area contributed by atoms with Gasteiger partial charge in [0, 0.05) is 16.0 Å². The number of carbonyl (C=O) groups is 1. The second-order valence-electron chi connectivity index (χ2n) is 4.76. The molecule has 0 saturated carbocycles. The number of hydrogen-bond donors (Lipinski definition) is 2. The lowest BCUT2D eigenvalue weighted by Crippen LogP contribution is -2.08. The summed E-state index contributed by atoms with van der Waals surface area (Å²) >= 11 is 1.67. The molecule has 0 aliphatic carbocycles. The number of aromatic nitrogens is 1. The molecule has 3 rings (SSSR count). The van der Waals surface area contributed by atoms with Crippen LogP contribution in [0.4, 0.5) is 5.69 Å². The fourth-order valence-electron chi connectivity index (χ4n) is 2.25. The molecule has 4 nitrogen and oxygen atoms in total. The molecule has 0 aliphatic heterocycles. The molecule has 106 valence electrons. The molecule has 2 heterocycles. The van der Waals surface area contributed by atoms with E-state index in [4.69, 9.17) is 0 Å². The number of fused-ring (bicyclic) bond motifs is 1. The maximum atomic E-state index is 11.2. The Labute approximate surface area is 126 Å². The number of rotatable bonds is 4. The van der Waals surface area contributed by atoms with Crippen molar-refractivity contribution in [2.75, 3.05) is 5.32 Å². The van der Waals surface area contributed by atoms with E-state index < -0.39 is 5.97 Å². The fourth-order valence-corrected chi connectivity index (χ4v) is 2.98. The molecule has 0 amide bonds. The van der Waals surface area contributed by atoms with Gasteiger partial charge in [0.1, 0.15) is 0 Å². The van der Waals surface area contributed by atoms with E-state index in [1.54, 1.807) is 17.4 Å². The van der Waals surface area contributed by atoms with Gasteiger partial charge in [0.15, 0.2) is 5.69 Å². The maximum Gasteiger partial charge on any atom is 0.354 e. The van der Waals surface area contributed by atoms with Crippen LogP contribution >= 0.6 is 11.3 Å². The number of nitrogens with zero attached hydrogens (tertiary/aromatic N) is 1. The van der Waals surface area contributed by atoms with Gasteiger partial charge in [-0.25, -0.2) is 9.78 Å². The van der Waals surface area contributed by atoms with Gasteiger partial charge >= 0.3 is 5.97 Å². The third-order valence-corrected chi connectivity index (χ3v) is 4.33. The smallest absolute Gasteiger partial charge is 0.354 e. The molecule has 0 fully saturated rings. The number of hydrogen-bond acceptors (Lipinski definition) is 4. The van der Waals surface area contributed by atoms with Crippen LogP contribution in [0.3, 0.4) is 0 Å². The van der Waals surface area contributed by atoms with E-state index in [1.807, 2.05) is 35.7 Å². The lowest BCUT2D eigenvalue weighted by molar-refractivity contribution is 0.0691. The van der Waals surface area contributed by atoms with Gasteiger partial charge in [0.2, 0.25) is 0 Å². The Morgan fingerprint density at radius 3 is 2.81 bits per heavy atom. The third-order valence-electron chi connectivity index (χ3n) is 3.28. The minimum Gasteiger partial charge on any atom is -0.477 e. The quantitative estimate of drug-likeness (QED) is 0.759. The molecule has 21 heavy (non-hydrogen) atoms. The van der Waals surface area contributed by atoms with Crippen LogP contribution in [0.5, 0.6) is 0 Å². The van der Waals surface area contributed by atoms with Crippen molar-refractivity contribution in [2.45, 2.75) is 13.0 Å². The Morgan fingerprint density at radius 1 is 1.29 bits per heavy atom. The van der Waals surface area contributed by atoms with Crippen LogP contribution in [0.25, 0.3) is 10.9 Å². The van der Waals surface area contributed by atoms with Crippen molar-refractivity contribution in [1.29, 1.82) is 0 Å². The van der Waals surface area contributed by atoms with Crippen LogP contribution < -0.4 is 5.32 Å². The average molecular weight is 298 g/mol. The molecule has 0 saturated heterocycles. The highest BCUT2D eigenvalue weighted by Crippen LogP contribution is 2.28. The largest absolute Gasteiger partial charge is 0.477 e. The summed E-state index contributed by atoms with van der Waals surface area (Å²) in [6, 6.07) is 13.3. The summed E-state index contributed by atoms with van der Waals surface area (Å²) in [7, 11) is 0. The van der Waals surface area contributed by atoms with Crippen molar-refractivity contribution in [2.24, 2.45) is 0 Å². The standard InChI is InChI=1S/C16H14N2O2S/c1-10(15-7-4-8-21-15)17-13-9-14(16(19)20)18-12-6-3-2-5-11(12)13/h2-10H,1H3,(H,17,18)(H,19,20). The van der Waals surface area contributed by atoms with Gasteiger partial charge in [-0.15, -0.1) is 11.3 Å². The molecule has 3 aromatic rings. The Balaban J connectivity index is 2.05. The van der Waals surface area contributed by atoms with Crippen LogP contribution in [0, 0.1) is 0 Å². The van der Waals surface area contributed by atoms with Crippen molar-refractivity contribution in [3.05, 3.63) is 58.4 Å². The molecular formula is C16H14N2O2S. The molecule has 0 aliphatic rings. The van der Waals surface area contributed by atoms with E-state index in [2.05, 4.69) is 23.3 Å². The lowest BCUT2D eigenvalue weighted by Gasteiger charge is -2.16. The van der Waals surface area contributed by atoms with Crippen LogP contribution in [-0.4, -0.2) is 16.1 Å². The first-order valence-corrected chi connectivity index (χ1v) is 7.46. The number of thiophene rings is 1. The minimum atomic E-state index is -1.02. The summed E-state index contributed by atoms with van der Waals surface area (Å²) < 4.78 is 0. The topological polar surface area (TPSA) is 62.2 Å². The van der Waals surface area contributed by atoms with Gasteiger partial charge in [-0.1, -0.05) is 24.3 Å². The van der Waals surface area contributed by atoms with Crippen LogP contribution in [-0.2, 0) is 0 Å². The first kappa shape index (κ1) is 13.6. The number of benzene rings is 1. The Bertz CT molecular complexity index is 784. The van der Waals surface area contributed by atoms with Crippen LogP contribution in [0.1, 0.15) is 28.3 Å². The predicted octanol–water partition coefficient (Wildman–Crippen LogP) is 4.17. The number of anilines is 1. The lowest BCUT2D eigenvalue weighted by atomic mass is 10.1. The number of carboxylic acid groups (broad SMARTS) is 1. The molecule has 1 atom stereocenters. The average Bonchev–Trinajstić information content (AvgIpc) is 3.01. The van der Waals surface area contributed by atoms with E-state index in [1.165, 1.54) is 4.88 Å². The Kier molecular flexibility index (Phi) is 3.58.